The van der Waals surface area contributed by atoms with Crippen molar-refractivity contribution < 1.29 is 0 Å². The van der Waals surface area contributed by atoms with Gasteiger partial charge in [-0.25, -0.2) is 0 Å². The van der Waals surface area contributed by atoms with E-state index in [1.54, 1.807) is 0 Å². The van der Waals surface area contributed by atoms with E-state index < -0.39 is 0 Å². The fraction of sp³-hybridized carbons (Fsp3) is 0. The van der Waals surface area contributed by atoms with Crippen LogP contribution in [0.1, 0.15) is 0 Å². The van der Waals surface area contributed by atoms with Crippen molar-refractivity contribution in [1.82, 2.24) is 0 Å². The van der Waals surface area contributed by atoms with Gasteiger partial charge in [-0.2, -0.15) is 0 Å². The average molecular weight is 376 g/mol. The van der Waals surface area contributed by atoms with Gasteiger partial charge in [0.1, 0.15) is 0 Å². The summed E-state index contributed by atoms with van der Waals surface area (Å²) in [5.74, 6) is 0. The van der Waals surface area contributed by atoms with Crippen LogP contribution in [0.15, 0.2) is 0 Å². The van der Waals surface area contributed by atoms with E-state index in [0.717, 1.165) is 0 Å². The van der Waals surface area contributed by atoms with Crippen LogP contribution in [0.5, 0.6) is 0 Å². The van der Waals surface area contributed by atoms with E-state index in [9.17, 15) is 0 Å². The van der Waals surface area contributed by atoms with Gasteiger partial charge >= 0.3 is 162 Å². The van der Waals surface area contributed by atoms with Crippen LogP contribution >= 0.6 is 0 Å². The standard InChI is InChI=1S/3Ca.2Sb.12H/q3*+2;2*-3;;;;;;;;;;;;. The fourth-order valence-corrected chi connectivity index (χ4v) is 0. The van der Waals surface area contributed by atoms with Crippen molar-refractivity contribution in [3.63, 3.8) is 0 Å². The molecule has 0 aromatic heterocycles. The van der Waals surface area contributed by atoms with Gasteiger partial charge in [0, 0.05) is 0 Å². The van der Waals surface area contributed by atoms with Gasteiger partial charge in [-0.3, -0.25) is 0 Å². The fourth-order valence-electron chi connectivity index (χ4n) is 0. The van der Waals surface area contributed by atoms with Crippen molar-refractivity contribution >= 4 is 162 Å². The monoisotopic (exact) mass is 374 g/mol. The van der Waals surface area contributed by atoms with Crippen LogP contribution in [0.4, 0.5) is 0 Å². The number of hydrogen-bond donors (Lipinski definition) is 0. The third-order valence-corrected chi connectivity index (χ3v) is 0. The van der Waals surface area contributed by atoms with Gasteiger partial charge in [-0.1, -0.05) is 0 Å². The minimum atomic E-state index is 0. The van der Waals surface area contributed by atoms with Gasteiger partial charge in [0.15, 0.2) is 0 Å². The van der Waals surface area contributed by atoms with E-state index in [0.29, 0.717) is 0 Å². The Kier molecular flexibility index (Phi) is 143. The Bertz CT molecular complexity index is 4.85. The molecule has 0 N–H and O–H groups in total. The summed E-state index contributed by atoms with van der Waals surface area (Å²) < 4.78 is 0. The Morgan fingerprint density at radius 3 is 0.400 bits per heavy atom. The van der Waals surface area contributed by atoms with Crippen LogP contribution in [0.3, 0.4) is 0 Å². The number of rotatable bonds is 0. The molecule has 0 aliphatic heterocycles. The normalized spacial score (nSPS) is 0. The first kappa shape index (κ1) is 31.5. The molecule has 0 heterocycles. The van der Waals surface area contributed by atoms with Crippen LogP contribution in [0.2, 0.25) is 0 Å². The zero-order chi connectivity index (χ0) is 0. The van der Waals surface area contributed by atoms with Crippen LogP contribution in [-0.4, -0.2) is 162 Å². The molecular weight excluding hydrogens is 364 g/mol. The van der Waals surface area contributed by atoms with Gasteiger partial charge in [-0.05, 0) is 0 Å². The molecule has 0 amide bonds. The molecule has 0 atom stereocenters. The van der Waals surface area contributed by atoms with Crippen LogP contribution < -0.4 is 0 Å². The van der Waals surface area contributed by atoms with Gasteiger partial charge in [-0.15, -0.1) is 0 Å². The number of hydrogen-bond acceptors (Lipinski definition) is 0. The van der Waals surface area contributed by atoms with Gasteiger partial charge in [0.2, 0.25) is 0 Å². The van der Waals surface area contributed by atoms with E-state index >= 15 is 0 Å². The molecule has 0 aliphatic rings. The average Bonchev–Trinajstić information content (AvgIpc) is 0. The van der Waals surface area contributed by atoms with E-state index in [4.69, 9.17) is 0 Å². The molecule has 0 radical (unpaired) electrons. The maximum absolute atomic E-state index is 0. The molecule has 0 aromatic carbocycles. The minimum absolute atomic E-state index is 0. The zero-order valence-electron chi connectivity index (χ0n) is 2.12. The third kappa shape index (κ3) is 17.7. The molecule has 0 saturated carbocycles. The Balaban J connectivity index is 0. The summed E-state index contributed by atoms with van der Waals surface area (Å²) in [6.45, 7) is 0. The summed E-state index contributed by atoms with van der Waals surface area (Å²) in [7, 11) is 0. The molecule has 5 heteroatoms. The molecule has 28 valence electrons. The molecule has 0 fully saturated rings. The second kappa shape index (κ2) is 22.7. The molecular formula is H12Ca3Sb2. The topological polar surface area (TPSA) is 0 Å². The molecule has 0 aromatic rings. The van der Waals surface area contributed by atoms with E-state index in [2.05, 4.69) is 0 Å². The molecule has 5 heavy (non-hydrogen) atoms. The quantitative estimate of drug-likeness (QED) is 0.372. The predicted octanol–water partition coefficient (Wildman–Crippen LogP) is -5.12. The summed E-state index contributed by atoms with van der Waals surface area (Å²) in [6.07, 6.45) is 0. The van der Waals surface area contributed by atoms with Crippen molar-refractivity contribution in [2.45, 2.75) is 0 Å². The first-order valence-corrected chi connectivity index (χ1v) is 0. The summed E-state index contributed by atoms with van der Waals surface area (Å²) in [6, 6.07) is 0. The van der Waals surface area contributed by atoms with Crippen molar-refractivity contribution in [2.75, 3.05) is 0 Å². The van der Waals surface area contributed by atoms with Gasteiger partial charge in [0.25, 0.3) is 0 Å². The van der Waals surface area contributed by atoms with Crippen molar-refractivity contribution in [3.05, 3.63) is 0 Å². The summed E-state index contributed by atoms with van der Waals surface area (Å²) in [5, 5.41) is 0. The molecule has 0 rings (SSSR count). The predicted molar refractivity (Wildman–Crippen MR) is 45.5 cm³/mol. The molecule has 0 spiro atoms. The van der Waals surface area contributed by atoms with E-state index in [1.807, 2.05) is 0 Å². The molecule has 0 nitrogen and oxygen atoms in total. The van der Waals surface area contributed by atoms with E-state index in [1.165, 1.54) is 0 Å². The Labute approximate surface area is 157 Å². The van der Waals surface area contributed by atoms with Crippen molar-refractivity contribution in [3.8, 4) is 0 Å². The molecule has 0 aliphatic carbocycles. The molecule has 0 saturated heterocycles. The van der Waals surface area contributed by atoms with Crippen molar-refractivity contribution in [1.29, 1.82) is 0 Å². The Morgan fingerprint density at radius 1 is 0.400 bits per heavy atom. The van der Waals surface area contributed by atoms with E-state index in [-0.39, 0.29) is 162 Å². The third-order valence-electron chi connectivity index (χ3n) is 0. The van der Waals surface area contributed by atoms with Gasteiger partial charge in [0.05, 0.1) is 0 Å². The SMILES string of the molecule is [Ca+2].[Ca+2].[Ca+2].[SbH6-3].[SbH6-3]. The zero-order valence-corrected chi connectivity index (χ0v) is 8.75. The first-order chi connectivity index (χ1) is 0. The summed E-state index contributed by atoms with van der Waals surface area (Å²) >= 11 is 0. The van der Waals surface area contributed by atoms with Crippen molar-refractivity contribution in [2.24, 2.45) is 0 Å². The molecule has 0 unspecified atom stereocenters. The van der Waals surface area contributed by atoms with Crippen LogP contribution in [-0.2, 0) is 0 Å². The maximum atomic E-state index is 0. The van der Waals surface area contributed by atoms with Crippen LogP contribution in [0.25, 0.3) is 0 Å². The second-order valence-corrected chi connectivity index (χ2v) is 0. The Hall–Kier alpha value is 5.42. The molecule has 0 bridgehead atoms. The van der Waals surface area contributed by atoms with Crippen LogP contribution in [0, 0.1) is 0 Å². The Morgan fingerprint density at radius 2 is 0.400 bits per heavy atom. The summed E-state index contributed by atoms with van der Waals surface area (Å²) in [5.41, 5.74) is 0. The summed E-state index contributed by atoms with van der Waals surface area (Å²) in [4.78, 5) is 0. The first-order valence-electron chi connectivity index (χ1n) is 0. The van der Waals surface area contributed by atoms with Gasteiger partial charge < -0.3 is 0 Å². The second-order valence-electron chi connectivity index (χ2n) is 0.